The maximum atomic E-state index is 11.1. The summed E-state index contributed by atoms with van der Waals surface area (Å²) in [4.78, 5) is 11.1. The SMILES string of the molecule is CCOC(=O)c1cc(Cl)sc1N. The number of thiophene rings is 1. The molecule has 66 valence electrons. The molecule has 0 atom stereocenters. The number of nitrogens with two attached hydrogens (primary N) is 1. The van der Waals surface area contributed by atoms with Gasteiger partial charge >= 0.3 is 5.97 Å². The quantitative estimate of drug-likeness (QED) is 0.753. The molecule has 12 heavy (non-hydrogen) atoms. The standard InChI is InChI=1S/C7H8ClNO2S/c1-2-11-7(10)4-3-5(8)12-6(4)9/h3H,2,9H2,1H3. The fraction of sp³-hybridized carbons (Fsp3) is 0.286. The summed E-state index contributed by atoms with van der Waals surface area (Å²) >= 11 is 6.81. The van der Waals surface area contributed by atoms with Crippen molar-refractivity contribution in [2.75, 3.05) is 12.3 Å². The van der Waals surface area contributed by atoms with Gasteiger partial charge in [0, 0.05) is 0 Å². The Kier molecular flexibility index (Phi) is 2.94. The van der Waals surface area contributed by atoms with Crippen LogP contribution in [0.5, 0.6) is 0 Å². The summed E-state index contributed by atoms with van der Waals surface area (Å²) in [5.74, 6) is -0.418. The second kappa shape index (κ2) is 3.78. The Hall–Kier alpha value is -0.740. The van der Waals surface area contributed by atoms with E-state index in [0.717, 1.165) is 0 Å². The van der Waals surface area contributed by atoms with Crippen molar-refractivity contribution >= 4 is 33.9 Å². The molecule has 0 aliphatic carbocycles. The minimum atomic E-state index is -0.418. The number of hydrogen-bond donors (Lipinski definition) is 1. The molecule has 1 rings (SSSR count). The lowest BCUT2D eigenvalue weighted by molar-refractivity contribution is 0.0528. The number of esters is 1. The van der Waals surface area contributed by atoms with Crippen LogP contribution in [0.15, 0.2) is 6.07 Å². The zero-order valence-corrected chi connectivity index (χ0v) is 8.04. The van der Waals surface area contributed by atoms with Crippen LogP contribution in [-0.2, 0) is 4.74 Å². The molecule has 0 amide bonds. The average molecular weight is 206 g/mol. The van der Waals surface area contributed by atoms with Crippen LogP contribution in [0.3, 0.4) is 0 Å². The number of hydrogen-bond acceptors (Lipinski definition) is 4. The van der Waals surface area contributed by atoms with Crippen LogP contribution < -0.4 is 5.73 Å². The topological polar surface area (TPSA) is 52.3 Å². The van der Waals surface area contributed by atoms with E-state index in [1.807, 2.05) is 0 Å². The maximum Gasteiger partial charge on any atom is 0.341 e. The molecular weight excluding hydrogens is 198 g/mol. The van der Waals surface area contributed by atoms with Crippen molar-refractivity contribution in [3.05, 3.63) is 16.0 Å². The number of carbonyl (C=O) groups is 1. The van der Waals surface area contributed by atoms with E-state index >= 15 is 0 Å². The van der Waals surface area contributed by atoms with Gasteiger partial charge in [0.25, 0.3) is 0 Å². The van der Waals surface area contributed by atoms with Crippen LogP contribution in [0.2, 0.25) is 4.34 Å². The summed E-state index contributed by atoms with van der Waals surface area (Å²) in [7, 11) is 0. The number of halogens is 1. The highest BCUT2D eigenvalue weighted by molar-refractivity contribution is 7.20. The van der Waals surface area contributed by atoms with Gasteiger partial charge in [0.15, 0.2) is 0 Å². The van der Waals surface area contributed by atoms with Crippen LogP contribution in [0.1, 0.15) is 17.3 Å². The van der Waals surface area contributed by atoms with Crippen molar-refractivity contribution < 1.29 is 9.53 Å². The highest BCUT2D eigenvalue weighted by Crippen LogP contribution is 2.29. The van der Waals surface area contributed by atoms with E-state index in [1.165, 1.54) is 17.4 Å². The molecule has 0 spiro atoms. The number of rotatable bonds is 2. The Morgan fingerprint density at radius 1 is 1.83 bits per heavy atom. The summed E-state index contributed by atoms with van der Waals surface area (Å²) in [5.41, 5.74) is 5.86. The molecule has 0 saturated heterocycles. The van der Waals surface area contributed by atoms with Gasteiger partial charge in [-0.25, -0.2) is 4.79 Å². The summed E-state index contributed by atoms with van der Waals surface area (Å²) in [6.07, 6.45) is 0. The van der Waals surface area contributed by atoms with Crippen LogP contribution in [0, 0.1) is 0 Å². The summed E-state index contributed by atoms with van der Waals surface area (Å²) < 4.78 is 5.25. The molecule has 3 nitrogen and oxygen atoms in total. The first-order valence-corrected chi connectivity index (χ1v) is 4.56. The molecule has 0 aliphatic rings. The molecule has 0 saturated carbocycles. The van der Waals surface area contributed by atoms with Crippen LogP contribution in [0.25, 0.3) is 0 Å². The Balaban J connectivity index is 2.87. The molecule has 1 aromatic heterocycles. The molecule has 0 aromatic carbocycles. The summed E-state index contributed by atoms with van der Waals surface area (Å²) in [6, 6.07) is 1.51. The van der Waals surface area contributed by atoms with E-state index in [0.29, 0.717) is 21.5 Å². The molecule has 0 bridgehead atoms. The van der Waals surface area contributed by atoms with Gasteiger partial charge < -0.3 is 10.5 Å². The Morgan fingerprint density at radius 3 is 2.92 bits per heavy atom. The second-order valence-electron chi connectivity index (χ2n) is 2.05. The van der Waals surface area contributed by atoms with E-state index in [9.17, 15) is 4.79 Å². The Labute approximate surface area is 79.1 Å². The van der Waals surface area contributed by atoms with Crippen molar-refractivity contribution in [3.63, 3.8) is 0 Å². The lowest BCUT2D eigenvalue weighted by Gasteiger charge is -1.98. The highest BCUT2D eigenvalue weighted by Gasteiger charge is 2.13. The van der Waals surface area contributed by atoms with E-state index in [2.05, 4.69) is 0 Å². The van der Waals surface area contributed by atoms with Gasteiger partial charge in [-0.1, -0.05) is 11.6 Å². The number of ether oxygens (including phenoxy) is 1. The molecule has 2 N–H and O–H groups in total. The van der Waals surface area contributed by atoms with Crippen molar-refractivity contribution in [1.29, 1.82) is 0 Å². The van der Waals surface area contributed by atoms with Gasteiger partial charge in [0.2, 0.25) is 0 Å². The largest absolute Gasteiger partial charge is 0.462 e. The predicted molar refractivity (Wildman–Crippen MR) is 49.7 cm³/mol. The average Bonchev–Trinajstić information content (AvgIpc) is 2.30. The van der Waals surface area contributed by atoms with Gasteiger partial charge in [-0.3, -0.25) is 0 Å². The van der Waals surface area contributed by atoms with E-state index < -0.39 is 5.97 Å². The smallest absolute Gasteiger partial charge is 0.341 e. The molecule has 1 aromatic rings. The molecule has 0 unspecified atom stereocenters. The third-order valence-electron chi connectivity index (χ3n) is 1.23. The third kappa shape index (κ3) is 1.89. The number of anilines is 1. The summed E-state index contributed by atoms with van der Waals surface area (Å²) in [6.45, 7) is 2.08. The van der Waals surface area contributed by atoms with Crippen LogP contribution in [0.4, 0.5) is 5.00 Å². The minimum absolute atomic E-state index is 0.339. The first-order valence-electron chi connectivity index (χ1n) is 3.37. The van der Waals surface area contributed by atoms with Crippen molar-refractivity contribution in [1.82, 2.24) is 0 Å². The molecule has 1 heterocycles. The summed E-state index contributed by atoms with van der Waals surface area (Å²) in [5, 5.41) is 0.401. The van der Waals surface area contributed by atoms with Crippen molar-refractivity contribution in [2.24, 2.45) is 0 Å². The van der Waals surface area contributed by atoms with Gasteiger partial charge in [0.1, 0.15) is 5.00 Å². The van der Waals surface area contributed by atoms with Gasteiger partial charge in [-0.15, -0.1) is 11.3 Å². The second-order valence-corrected chi connectivity index (χ2v) is 3.76. The number of nitrogen functional groups attached to an aromatic ring is 1. The highest BCUT2D eigenvalue weighted by atomic mass is 35.5. The zero-order valence-electron chi connectivity index (χ0n) is 6.46. The van der Waals surface area contributed by atoms with Gasteiger partial charge in [-0.2, -0.15) is 0 Å². The molecular formula is C7H8ClNO2S. The van der Waals surface area contributed by atoms with Crippen molar-refractivity contribution in [3.8, 4) is 0 Å². The molecule has 5 heteroatoms. The Bertz CT molecular complexity index is 298. The van der Waals surface area contributed by atoms with Gasteiger partial charge in [-0.05, 0) is 13.0 Å². The molecule has 0 radical (unpaired) electrons. The first-order chi connectivity index (χ1) is 5.65. The molecule has 0 fully saturated rings. The zero-order chi connectivity index (χ0) is 9.14. The van der Waals surface area contributed by atoms with Crippen LogP contribution >= 0.6 is 22.9 Å². The van der Waals surface area contributed by atoms with Crippen LogP contribution in [-0.4, -0.2) is 12.6 Å². The molecule has 0 aliphatic heterocycles. The fourth-order valence-corrected chi connectivity index (χ4v) is 1.74. The Morgan fingerprint density at radius 2 is 2.50 bits per heavy atom. The third-order valence-corrected chi connectivity index (χ3v) is 2.32. The lowest BCUT2D eigenvalue weighted by Crippen LogP contribution is -2.05. The minimum Gasteiger partial charge on any atom is -0.462 e. The first kappa shape index (κ1) is 9.35. The van der Waals surface area contributed by atoms with E-state index in [1.54, 1.807) is 6.92 Å². The lowest BCUT2D eigenvalue weighted by atomic mass is 10.3. The fourth-order valence-electron chi connectivity index (χ4n) is 0.742. The monoisotopic (exact) mass is 205 g/mol. The normalized spacial score (nSPS) is 9.83. The van der Waals surface area contributed by atoms with Gasteiger partial charge in [0.05, 0.1) is 16.5 Å². The number of carbonyl (C=O) groups excluding carboxylic acids is 1. The maximum absolute atomic E-state index is 11.1. The van der Waals surface area contributed by atoms with Crippen molar-refractivity contribution in [2.45, 2.75) is 6.92 Å². The van der Waals surface area contributed by atoms with E-state index in [4.69, 9.17) is 22.1 Å². The van der Waals surface area contributed by atoms with E-state index in [-0.39, 0.29) is 0 Å². The predicted octanol–water partition coefficient (Wildman–Crippen LogP) is 2.16.